The summed E-state index contributed by atoms with van der Waals surface area (Å²) in [7, 11) is 0. The Morgan fingerprint density at radius 1 is 1.33 bits per heavy atom. The molecule has 15 heavy (non-hydrogen) atoms. The van der Waals surface area contributed by atoms with Gasteiger partial charge in [-0.25, -0.2) is 0 Å². The number of rotatable bonds is 6. The van der Waals surface area contributed by atoms with Crippen molar-refractivity contribution in [2.24, 2.45) is 5.92 Å². The third-order valence-corrected chi connectivity index (χ3v) is 2.27. The van der Waals surface area contributed by atoms with Crippen LogP contribution in [-0.2, 0) is 4.79 Å². The van der Waals surface area contributed by atoms with E-state index in [0.29, 0.717) is 12.3 Å². The number of carbonyl (C=O) groups excluding carboxylic acids is 1. The molecule has 0 saturated heterocycles. The lowest BCUT2D eigenvalue weighted by Gasteiger charge is -2.18. The van der Waals surface area contributed by atoms with Crippen molar-refractivity contribution < 1.29 is 9.90 Å². The normalized spacial score (nSPS) is 13.4. The van der Waals surface area contributed by atoms with E-state index in [9.17, 15) is 9.90 Å². The highest BCUT2D eigenvalue weighted by Gasteiger charge is 2.12. The van der Waals surface area contributed by atoms with Crippen molar-refractivity contribution in [3.63, 3.8) is 0 Å². The molecule has 0 radical (unpaired) electrons. The van der Waals surface area contributed by atoms with Gasteiger partial charge in [0.15, 0.2) is 0 Å². The molecule has 0 aromatic heterocycles. The number of Topliss-reactive ketones (excluding diaryl/α,β-unsaturated/α-hetero) is 1. The molecule has 88 valence electrons. The largest absolute Gasteiger partial charge is 0.386 e. The Hall–Kier alpha value is -0.630. The molecular formula is C13H24O2. The SMILES string of the molecule is CC(=O)CCC/C(=C\C(C)(C)O)C(C)C. The van der Waals surface area contributed by atoms with Crippen molar-refractivity contribution >= 4 is 5.78 Å². The van der Waals surface area contributed by atoms with Gasteiger partial charge in [-0.2, -0.15) is 0 Å². The predicted octanol–water partition coefficient (Wildman–Crippen LogP) is 3.10. The summed E-state index contributed by atoms with van der Waals surface area (Å²) in [5.74, 6) is 0.671. The number of aliphatic hydroxyl groups is 1. The Bertz CT molecular complexity index is 231. The smallest absolute Gasteiger partial charge is 0.129 e. The Balaban J connectivity index is 4.30. The number of hydrogen-bond acceptors (Lipinski definition) is 2. The minimum absolute atomic E-state index is 0.237. The van der Waals surface area contributed by atoms with Gasteiger partial charge in [0.05, 0.1) is 5.60 Å². The van der Waals surface area contributed by atoms with Crippen LogP contribution in [0.25, 0.3) is 0 Å². The van der Waals surface area contributed by atoms with Gasteiger partial charge in [0.25, 0.3) is 0 Å². The van der Waals surface area contributed by atoms with Crippen LogP contribution in [0.15, 0.2) is 11.6 Å². The molecule has 0 bridgehead atoms. The van der Waals surface area contributed by atoms with Crippen LogP contribution in [0.2, 0.25) is 0 Å². The van der Waals surface area contributed by atoms with E-state index in [1.807, 2.05) is 6.08 Å². The lowest BCUT2D eigenvalue weighted by molar-refractivity contribution is -0.117. The number of allylic oxidation sites excluding steroid dienone is 1. The summed E-state index contributed by atoms with van der Waals surface area (Å²) in [6.45, 7) is 9.41. The van der Waals surface area contributed by atoms with Gasteiger partial charge < -0.3 is 9.90 Å². The number of carbonyl (C=O) groups is 1. The van der Waals surface area contributed by atoms with Crippen LogP contribution in [-0.4, -0.2) is 16.5 Å². The van der Waals surface area contributed by atoms with E-state index in [1.54, 1.807) is 20.8 Å². The average molecular weight is 212 g/mol. The maximum absolute atomic E-state index is 10.8. The minimum atomic E-state index is -0.754. The molecule has 0 amide bonds. The first-order valence-electron chi connectivity index (χ1n) is 5.66. The van der Waals surface area contributed by atoms with Gasteiger partial charge in [-0.15, -0.1) is 0 Å². The maximum atomic E-state index is 10.8. The summed E-state index contributed by atoms with van der Waals surface area (Å²) in [6, 6.07) is 0. The maximum Gasteiger partial charge on any atom is 0.129 e. The van der Waals surface area contributed by atoms with E-state index in [2.05, 4.69) is 13.8 Å². The second-order valence-electron chi connectivity index (χ2n) is 5.08. The molecular weight excluding hydrogens is 188 g/mol. The minimum Gasteiger partial charge on any atom is -0.386 e. The summed E-state index contributed by atoms with van der Waals surface area (Å²) in [5, 5.41) is 9.70. The zero-order chi connectivity index (χ0) is 12.1. The van der Waals surface area contributed by atoms with Crippen LogP contribution in [0.1, 0.15) is 53.9 Å². The zero-order valence-electron chi connectivity index (χ0n) is 10.6. The lowest BCUT2D eigenvalue weighted by Crippen LogP contribution is -2.16. The molecule has 0 heterocycles. The van der Waals surface area contributed by atoms with E-state index >= 15 is 0 Å². The number of ketones is 1. The fraction of sp³-hybridized carbons (Fsp3) is 0.769. The quantitative estimate of drug-likeness (QED) is 0.687. The molecule has 0 fully saturated rings. The van der Waals surface area contributed by atoms with Crippen LogP contribution in [0.3, 0.4) is 0 Å². The van der Waals surface area contributed by atoms with Crippen molar-refractivity contribution in [2.75, 3.05) is 0 Å². The molecule has 0 aliphatic rings. The summed E-state index contributed by atoms with van der Waals surface area (Å²) >= 11 is 0. The van der Waals surface area contributed by atoms with E-state index in [1.165, 1.54) is 5.57 Å². The van der Waals surface area contributed by atoms with Gasteiger partial charge in [-0.05, 0) is 39.5 Å². The van der Waals surface area contributed by atoms with Crippen molar-refractivity contribution in [1.29, 1.82) is 0 Å². The van der Waals surface area contributed by atoms with Crippen LogP contribution < -0.4 is 0 Å². The van der Waals surface area contributed by atoms with Gasteiger partial charge in [-0.1, -0.05) is 25.5 Å². The highest BCUT2D eigenvalue weighted by atomic mass is 16.3. The summed E-state index contributed by atoms with van der Waals surface area (Å²) < 4.78 is 0. The lowest BCUT2D eigenvalue weighted by atomic mass is 9.92. The monoisotopic (exact) mass is 212 g/mol. The topological polar surface area (TPSA) is 37.3 Å². The predicted molar refractivity (Wildman–Crippen MR) is 63.8 cm³/mol. The van der Waals surface area contributed by atoms with E-state index < -0.39 is 5.60 Å². The fourth-order valence-electron chi connectivity index (χ4n) is 1.52. The molecule has 0 atom stereocenters. The molecule has 0 aliphatic carbocycles. The van der Waals surface area contributed by atoms with E-state index in [4.69, 9.17) is 0 Å². The van der Waals surface area contributed by atoms with E-state index in [0.717, 1.165) is 12.8 Å². The van der Waals surface area contributed by atoms with Crippen molar-refractivity contribution in [2.45, 2.75) is 59.5 Å². The molecule has 0 aliphatic heterocycles. The highest BCUT2D eigenvalue weighted by Crippen LogP contribution is 2.20. The van der Waals surface area contributed by atoms with Crippen LogP contribution >= 0.6 is 0 Å². The van der Waals surface area contributed by atoms with Crippen molar-refractivity contribution in [3.05, 3.63) is 11.6 Å². The van der Waals surface area contributed by atoms with E-state index in [-0.39, 0.29) is 5.78 Å². The second kappa shape index (κ2) is 6.06. The van der Waals surface area contributed by atoms with Gasteiger partial charge in [0.1, 0.15) is 5.78 Å². The molecule has 0 spiro atoms. The Morgan fingerprint density at radius 2 is 1.87 bits per heavy atom. The zero-order valence-corrected chi connectivity index (χ0v) is 10.6. The Morgan fingerprint density at radius 3 is 2.20 bits per heavy atom. The first-order chi connectivity index (χ1) is 6.72. The molecule has 0 aromatic carbocycles. The van der Waals surface area contributed by atoms with Gasteiger partial charge in [0.2, 0.25) is 0 Å². The number of hydrogen-bond donors (Lipinski definition) is 1. The third kappa shape index (κ3) is 8.37. The van der Waals surface area contributed by atoms with Crippen LogP contribution in [0.4, 0.5) is 0 Å². The molecule has 2 nitrogen and oxygen atoms in total. The summed E-state index contributed by atoms with van der Waals surface area (Å²) in [6.07, 6.45) is 4.34. The fourth-order valence-corrected chi connectivity index (χ4v) is 1.52. The van der Waals surface area contributed by atoms with Crippen molar-refractivity contribution in [1.82, 2.24) is 0 Å². The standard InChI is InChI=1S/C13H24O2/c1-10(2)12(9-13(4,5)15)8-6-7-11(3)14/h9-10,15H,6-8H2,1-5H3/b12-9+. The summed E-state index contributed by atoms with van der Waals surface area (Å²) in [5.41, 5.74) is 0.485. The molecule has 1 N–H and O–H groups in total. The first kappa shape index (κ1) is 14.4. The van der Waals surface area contributed by atoms with Crippen molar-refractivity contribution in [3.8, 4) is 0 Å². The average Bonchev–Trinajstić information content (AvgIpc) is 1.99. The van der Waals surface area contributed by atoms with Gasteiger partial charge in [-0.3, -0.25) is 0 Å². The molecule has 0 aromatic rings. The molecule has 0 unspecified atom stereocenters. The van der Waals surface area contributed by atoms with Gasteiger partial charge >= 0.3 is 0 Å². The second-order valence-corrected chi connectivity index (χ2v) is 5.08. The Kier molecular flexibility index (Phi) is 5.81. The first-order valence-corrected chi connectivity index (χ1v) is 5.66. The Labute approximate surface area is 93.4 Å². The highest BCUT2D eigenvalue weighted by molar-refractivity contribution is 5.75. The molecule has 2 heteroatoms. The molecule has 0 rings (SSSR count). The van der Waals surface area contributed by atoms with Gasteiger partial charge in [0, 0.05) is 6.42 Å². The van der Waals surface area contributed by atoms with Crippen LogP contribution in [0.5, 0.6) is 0 Å². The van der Waals surface area contributed by atoms with Crippen LogP contribution in [0, 0.1) is 5.92 Å². The summed E-state index contributed by atoms with van der Waals surface area (Å²) in [4.78, 5) is 10.8. The third-order valence-electron chi connectivity index (χ3n) is 2.27. The molecule has 0 saturated carbocycles.